The van der Waals surface area contributed by atoms with Gasteiger partial charge in [0.1, 0.15) is 12.2 Å². The minimum Gasteiger partial charge on any atom is -0.493 e. The highest BCUT2D eigenvalue weighted by Crippen LogP contribution is 2.51. The largest absolute Gasteiger partial charge is 0.493 e. The molecule has 202 valence electrons. The number of methoxy groups -OCH3 is 2. The predicted octanol–water partition coefficient (Wildman–Crippen LogP) is 7.18. The number of hydrogen-bond acceptors (Lipinski definition) is 5. The van der Waals surface area contributed by atoms with Gasteiger partial charge in [-0.15, -0.1) is 6.58 Å². The molecule has 0 fully saturated rings. The molecular weight excluding hydrogens is 488 g/mol. The van der Waals surface area contributed by atoms with Crippen molar-refractivity contribution in [2.24, 2.45) is 0 Å². The fourth-order valence-electron chi connectivity index (χ4n) is 4.73. The molecule has 0 amide bonds. The summed E-state index contributed by atoms with van der Waals surface area (Å²) in [5.41, 5.74) is 2.69. The Morgan fingerprint density at radius 2 is 1.33 bits per heavy atom. The molecular formula is C34H36O5. The van der Waals surface area contributed by atoms with Gasteiger partial charge in [0, 0.05) is 5.56 Å². The highest BCUT2D eigenvalue weighted by atomic mass is 16.6. The van der Waals surface area contributed by atoms with Gasteiger partial charge in [-0.1, -0.05) is 97.1 Å². The lowest BCUT2D eigenvalue weighted by Crippen LogP contribution is -2.38. The second kappa shape index (κ2) is 13.7. The van der Waals surface area contributed by atoms with Gasteiger partial charge in [-0.05, 0) is 35.7 Å². The molecule has 0 bridgehead atoms. The summed E-state index contributed by atoms with van der Waals surface area (Å²) in [5, 5.41) is 0. The number of rotatable bonds is 14. The number of hydrogen-bond donors (Lipinski definition) is 0. The maximum atomic E-state index is 7.04. The van der Waals surface area contributed by atoms with Gasteiger partial charge in [-0.3, -0.25) is 0 Å². The van der Waals surface area contributed by atoms with Crippen LogP contribution in [0.2, 0.25) is 0 Å². The fourth-order valence-corrected chi connectivity index (χ4v) is 4.73. The Bertz CT molecular complexity index is 1270. The number of ether oxygens (including phenoxy) is 5. The predicted molar refractivity (Wildman–Crippen MR) is 155 cm³/mol. The Morgan fingerprint density at radius 1 is 0.744 bits per heavy atom. The van der Waals surface area contributed by atoms with Crippen molar-refractivity contribution in [2.45, 2.75) is 25.2 Å². The van der Waals surface area contributed by atoms with E-state index in [4.69, 9.17) is 23.7 Å². The van der Waals surface area contributed by atoms with E-state index in [9.17, 15) is 0 Å². The lowest BCUT2D eigenvalue weighted by Gasteiger charge is -2.39. The van der Waals surface area contributed by atoms with Crippen LogP contribution in [0, 0.1) is 0 Å². The lowest BCUT2D eigenvalue weighted by molar-refractivity contribution is -0.0725. The zero-order valence-corrected chi connectivity index (χ0v) is 22.8. The van der Waals surface area contributed by atoms with Gasteiger partial charge in [0.2, 0.25) is 5.75 Å². The van der Waals surface area contributed by atoms with Crippen molar-refractivity contribution in [1.82, 2.24) is 0 Å². The molecule has 39 heavy (non-hydrogen) atoms. The van der Waals surface area contributed by atoms with Crippen molar-refractivity contribution >= 4 is 0 Å². The smallest absolute Gasteiger partial charge is 0.204 e. The van der Waals surface area contributed by atoms with Crippen LogP contribution in [-0.4, -0.2) is 33.5 Å². The van der Waals surface area contributed by atoms with Crippen LogP contribution in [0.25, 0.3) is 0 Å². The molecule has 0 heterocycles. The standard InChI is InChI=1S/C34H36O5/c1-5-23-37-24-26(2)39-34(28-17-11-7-12-18-28,29-19-13-8-14-20-29)30-21-22-31(35-3)33(32(30)36-4)38-25-27-15-9-6-10-16-27/h5-22,26H,1,23-25H2,2-4H3/t26-/m1/s1. The molecule has 0 spiro atoms. The average molecular weight is 525 g/mol. The van der Waals surface area contributed by atoms with E-state index in [-0.39, 0.29) is 6.10 Å². The molecule has 0 radical (unpaired) electrons. The van der Waals surface area contributed by atoms with Crippen LogP contribution in [0.4, 0.5) is 0 Å². The Kier molecular flexibility index (Phi) is 9.79. The molecule has 4 aromatic rings. The summed E-state index contributed by atoms with van der Waals surface area (Å²) in [6, 6.07) is 34.2. The minimum atomic E-state index is -1.04. The van der Waals surface area contributed by atoms with Crippen molar-refractivity contribution in [2.75, 3.05) is 27.4 Å². The van der Waals surface area contributed by atoms with E-state index < -0.39 is 5.60 Å². The first-order valence-electron chi connectivity index (χ1n) is 13.0. The molecule has 4 aromatic carbocycles. The van der Waals surface area contributed by atoms with Crippen LogP contribution in [0.5, 0.6) is 17.2 Å². The second-order valence-corrected chi connectivity index (χ2v) is 9.12. The van der Waals surface area contributed by atoms with E-state index in [1.807, 2.05) is 85.8 Å². The SMILES string of the molecule is C=CCOC[C@@H](C)OC(c1ccccc1)(c1ccccc1)c1ccc(OC)c(OCc2ccccc2)c1OC. The zero-order valence-electron chi connectivity index (χ0n) is 22.8. The first-order valence-corrected chi connectivity index (χ1v) is 13.0. The van der Waals surface area contributed by atoms with Crippen LogP contribution in [0.1, 0.15) is 29.2 Å². The molecule has 4 rings (SSSR count). The van der Waals surface area contributed by atoms with Gasteiger partial charge in [0.25, 0.3) is 0 Å². The van der Waals surface area contributed by atoms with Crippen molar-refractivity contribution in [3.05, 3.63) is 138 Å². The lowest BCUT2D eigenvalue weighted by atomic mass is 9.79. The first kappa shape index (κ1) is 28.0. The van der Waals surface area contributed by atoms with Crippen LogP contribution >= 0.6 is 0 Å². The summed E-state index contributed by atoms with van der Waals surface area (Å²) in [4.78, 5) is 0. The normalized spacial score (nSPS) is 12.0. The summed E-state index contributed by atoms with van der Waals surface area (Å²) in [6.45, 7) is 6.95. The maximum absolute atomic E-state index is 7.04. The Balaban J connectivity index is 1.93. The average Bonchev–Trinajstić information content (AvgIpc) is 3.00. The Labute approximate surface area is 231 Å². The summed E-state index contributed by atoms with van der Waals surface area (Å²) in [7, 11) is 3.27. The Hall–Kier alpha value is -4.06. The van der Waals surface area contributed by atoms with Crippen molar-refractivity contribution in [3.8, 4) is 17.2 Å². The fraction of sp³-hybridized carbons (Fsp3) is 0.235. The van der Waals surface area contributed by atoms with E-state index >= 15 is 0 Å². The monoisotopic (exact) mass is 524 g/mol. The third-order valence-electron chi connectivity index (χ3n) is 6.43. The molecule has 0 saturated heterocycles. The van der Waals surface area contributed by atoms with Gasteiger partial charge in [0.15, 0.2) is 11.5 Å². The molecule has 5 nitrogen and oxygen atoms in total. The molecule has 0 saturated carbocycles. The zero-order chi connectivity index (χ0) is 27.5. The van der Waals surface area contributed by atoms with Crippen molar-refractivity contribution < 1.29 is 23.7 Å². The van der Waals surface area contributed by atoms with Crippen LogP contribution in [0.3, 0.4) is 0 Å². The molecule has 0 aliphatic rings. The summed E-state index contributed by atoms with van der Waals surface area (Å²) in [5.74, 6) is 1.62. The molecule has 0 aliphatic heterocycles. The van der Waals surface area contributed by atoms with E-state index in [1.54, 1.807) is 20.3 Å². The van der Waals surface area contributed by atoms with E-state index in [2.05, 4.69) is 30.8 Å². The minimum absolute atomic E-state index is 0.272. The van der Waals surface area contributed by atoms with Gasteiger partial charge in [-0.2, -0.15) is 0 Å². The third kappa shape index (κ3) is 6.33. The van der Waals surface area contributed by atoms with Crippen LogP contribution in [0.15, 0.2) is 116 Å². The maximum Gasteiger partial charge on any atom is 0.204 e. The topological polar surface area (TPSA) is 46.2 Å². The Morgan fingerprint density at radius 3 is 1.87 bits per heavy atom. The summed E-state index contributed by atoms with van der Waals surface area (Å²) < 4.78 is 31.0. The quantitative estimate of drug-likeness (QED) is 0.0993. The van der Waals surface area contributed by atoms with Gasteiger partial charge < -0.3 is 23.7 Å². The molecule has 0 N–H and O–H groups in total. The first-order chi connectivity index (χ1) is 19.1. The van der Waals surface area contributed by atoms with Crippen molar-refractivity contribution in [3.63, 3.8) is 0 Å². The van der Waals surface area contributed by atoms with E-state index in [0.29, 0.717) is 37.1 Å². The van der Waals surface area contributed by atoms with Gasteiger partial charge in [0.05, 0.1) is 33.5 Å². The molecule has 1 atom stereocenters. The number of benzene rings is 4. The molecule has 5 heteroatoms. The van der Waals surface area contributed by atoms with Crippen LogP contribution in [-0.2, 0) is 21.7 Å². The molecule has 0 aromatic heterocycles. The van der Waals surface area contributed by atoms with E-state index in [0.717, 1.165) is 22.3 Å². The van der Waals surface area contributed by atoms with Gasteiger partial charge >= 0.3 is 0 Å². The summed E-state index contributed by atoms with van der Waals surface area (Å²) in [6.07, 6.45) is 1.46. The molecule has 0 unspecified atom stereocenters. The third-order valence-corrected chi connectivity index (χ3v) is 6.43. The van der Waals surface area contributed by atoms with Gasteiger partial charge in [-0.25, -0.2) is 0 Å². The van der Waals surface area contributed by atoms with Crippen molar-refractivity contribution in [1.29, 1.82) is 0 Å². The second-order valence-electron chi connectivity index (χ2n) is 9.12. The highest BCUT2D eigenvalue weighted by molar-refractivity contribution is 5.62. The van der Waals surface area contributed by atoms with Crippen LogP contribution < -0.4 is 14.2 Å². The molecule has 0 aliphatic carbocycles. The summed E-state index contributed by atoms with van der Waals surface area (Å²) >= 11 is 0. The van der Waals surface area contributed by atoms with E-state index in [1.165, 1.54) is 0 Å². The highest BCUT2D eigenvalue weighted by Gasteiger charge is 2.43.